The Bertz CT molecular complexity index is 308. The van der Waals surface area contributed by atoms with E-state index in [0.717, 1.165) is 58.7 Å². The molecule has 0 bridgehead atoms. The number of hydrogen-bond donors (Lipinski definition) is 2. The average molecular weight is 298 g/mol. The Morgan fingerprint density at radius 1 is 1.19 bits per heavy atom. The Labute approximate surface area is 130 Å². The summed E-state index contributed by atoms with van der Waals surface area (Å²) in [6, 6.07) is 0. The first-order valence-electron chi connectivity index (χ1n) is 8.63. The van der Waals surface area contributed by atoms with Crippen LogP contribution in [0.4, 0.5) is 0 Å². The fourth-order valence-corrected chi connectivity index (χ4v) is 3.92. The van der Waals surface area contributed by atoms with Gasteiger partial charge in [-0.05, 0) is 38.8 Å². The van der Waals surface area contributed by atoms with Gasteiger partial charge < -0.3 is 20.1 Å². The van der Waals surface area contributed by atoms with Crippen molar-refractivity contribution >= 4 is 0 Å². The Morgan fingerprint density at radius 2 is 1.90 bits per heavy atom. The van der Waals surface area contributed by atoms with E-state index in [2.05, 4.69) is 31.1 Å². The van der Waals surface area contributed by atoms with Gasteiger partial charge in [0.25, 0.3) is 0 Å². The molecule has 0 radical (unpaired) electrons. The van der Waals surface area contributed by atoms with Crippen LogP contribution in [-0.2, 0) is 4.74 Å². The van der Waals surface area contributed by atoms with Crippen molar-refractivity contribution in [2.75, 3.05) is 46.4 Å². The Morgan fingerprint density at radius 3 is 2.48 bits per heavy atom. The number of nitrogens with one attached hydrogen (secondary N) is 1. The van der Waals surface area contributed by atoms with Gasteiger partial charge in [-0.3, -0.25) is 0 Å². The molecule has 2 fully saturated rings. The number of nitrogens with zero attached hydrogens (tertiary/aromatic N) is 1. The van der Waals surface area contributed by atoms with Crippen molar-refractivity contribution in [2.24, 2.45) is 11.3 Å². The fourth-order valence-electron chi connectivity index (χ4n) is 3.92. The Kier molecular flexibility index (Phi) is 6.06. The largest absolute Gasteiger partial charge is 0.389 e. The van der Waals surface area contributed by atoms with Gasteiger partial charge in [0.1, 0.15) is 0 Å². The average Bonchev–Trinajstić information content (AvgIpc) is 2.99. The molecule has 1 unspecified atom stereocenters. The molecule has 0 aromatic carbocycles. The second kappa shape index (κ2) is 7.40. The summed E-state index contributed by atoms with van der Waals surface area (Å²) in [5.41, 5.74) is -0.223. The number of ether oxygens (including phenoxy) is 1. The lowest BCUT2D eigenvalue weighted by Crippen LogP contribution is -2.48. The molecule has 1 heterocycles. The van der Waals surface area contributed by atoms with Gasteiger partial charge in [0.15, 0.2) is 0 Å². The van der Waals surface area contributed by atoms with Crippen molar-refractivity contribution < 1.29 is 9.84 Å². The quantitative estimate of drug-likeness (QED) is 0.718. The zero-order valence-electron chi connectivity index (χ0n) is 14.2. The summed E-state index contributed by atoms with van der Waals surface area (Å²) in [6.07, 6.45) is 5.41. The van der Waals surface area contributed by atoms with Crippen molar-refractivity contribution in [3.63, 3.8) is 0 Å². The van der Waals surface area contributed by atoms with Crippen molar-refractivity contribution in [3.8, 4) is 0 Å². The van der Waals surface area contributed by atoms with Crippen molar-refractivity contribution in [2.45, 2.75) is 51.6 Å². The predicted octanol–water partition coefficient (Wildman–Crippen LogP) is 1.88. The topological polar surface area (TPSA) is 44.7 Å². The Balaban J connectivity index is 1.83. The monoisotopic (exact) mass is 298 g/mol. The van der Waals surface area contributed by atoms with Crippen LogP contribution in [0.15, 0.2) is 0 Å². The molecule has 4 nitrogen and oxygen atoms in total. The standard InChI is InChI=1S/C17H34N2O2/c1-15(2)10-18-11-16(8-9-21-14-16)12-19(3)13-17(20)6-4-5-7-17/h15,18,20H,4-14H2,1-3H3. The number of aliphatic hydroxyl groups is 1. The van der Waals surface area contributed by atoms with Crippen molar-refractivity contribution in [3.05, 3.63) is 0 Å². The van der Waals surface area contributed by atoms with Gasteiger partial charge in [0, 0.05) is 31.7 Å². The summed E-state index contributed by atoms with van der Waals surface area (Å²) < 4.78 is 5.68. The molecule has 0 spiro atoms. The minimum Gasteiger partial charge on any atom is -0.389 e. The first-order chi connectivity index (χ1) is 9.93. The van der Waals surface area contributed by atoms with Gasteiger partial charge in [-0.1, -0.05) is 26.7 Å². The number of hydrogen-bond acceptors (Lipinski definition) is 4. The van der Waals surface area contributed by atoms with Gasteiger partial charge in [0.2, 0.25) is 0 Å². The second-order valence-electron chi connectivity index (χ2n) is 7.93. The maximum Gasteiger partial charge on any atom is 0.0774 e. The highest BCUT2D eigenvalue weighted by molar-refractivity contribution is 4.92. The fraction of sp³-hybridized carbons (Fsp3) is 1.00. The van der Waals surface area contributed by atoms with Gasteiger partial charge in [0.05, 0.1) is 12.2 Å². The van der Waals surface area contributed by atoms with Crippen LogP contribution in [-0.4, -0.2) is 62.0 Å². The third-order valence-electron chi connectivity index (χ3n) is 4.94. The minimum atomic E-state index is -0.444. The molecule has 0 aromatic rings. The maximum atomic E-state index is 10.6. The molecule has 0 amide bonds. The molecule has 1 aliphatic carbocycles. The van der Waals surface area contributed by atoms with Crippen LogP contribution in [0.5, 0.6) is 0 Å². The third-order valence-corrected chi connectivity index (χ3v) is 4.94. The van der Waals surface area contributed by atoms with Crippen LogP contribution in [0, 0.1) is 11.3 Å². The van der Waals surface area contributed by atoms with E-state index in [-0.39, 0.29) is 5.41 Å². The van der Waals surface area contributed by atoms with E-state index in [0.29, 0.717) is 5.92 Å². The van der Waals surface area contributed by atoms with Gasteiger partial charge >= 0.3 is 0 Å². The molecule has 4 heteroatoms. The lowest BCUT2D eigenvalue weighted by atomic mass is 9.86. The normalized spacial score (nSPS) is 28.9. The third kappa shape index (κ3) is 5.20. The van der Waals surface area contributed by atoms with Crippen LogP contribution in [0.1, 0.15) is 46.0 Å². The Hall–Kier alpha value is -0.160. The molecular weight excluding hydrogens is 264 g/mol. The summed E-state index contributed by atoms with van der Waals surface area (Å²) in [5, 5.41) is 14.2. The summed E-state index contributed by atoms with van der Waals surface area (Å²) in [6.45, 7) is 10.1. The summed E-state index contributed by atoms with van der Waals surface area (Å²) >= 11 is 0. The molecule has 0 aromatic heterocycles. The van der Waals surface area contributed by atoms with Crippen LogP contribution in [0.25, 0.3) is 0 Å². The molecular formula is C17H34N2O2. The summed E-state index contributed by atoms with van der Waals surface area (Å²) in [4.78, 5) is 2.33. The van der Waals surface area contributed by atoms with Gasteiger partial charge in [-0.25, -0.2) is 0 Å². The molecule has 1 saturated heterocycles. The highest BCUT2D eigenvalue weighted by atomic mass is 16.5. The molecule has 1 atom stereocenters. The maximum absolute atomic E-state index is 10.6. The lowest BCUT2D eigenvalue weighted by molar-refractivity contribution is 0.00383. The van der Waals surface area contributed by atoms with E-state index < -0.39 is 5.60 Å². The molecule has 2 aliphatic rings. The highest BCUT2D eigenvalue weighted by Gasteiger charge is 2.38. The minimum absolute atomic E-state index is 0.221. The lowest BCUT2D eigenvalue weighted by Gasteiger charge is -2.36. The van der Waals surface area contributed by atoms with E-state index in [4.69, 9.17) is 4.74 Å². The predicted molar refractivity (Wildman–Crippen MR) is 86.5 cm³/mol. The first-order valence-corrected chi connectivity index (χ1v) is 8.63. The zero-order valence-corrected chi connectivity index (χ0v) is 14.2. The van der Waals surface area contributed by atoms with Gasteiger partial charge in [-0.15, -0.1) is 0 Å². The van der Waals surface area contributed by atoms with E-state index >= 15 is 0 Å². The smallest absolute Gasteiger partial charge is 0.0774 e. The molecule has 2 rings (SSSR count). The van der Waals surface area contributed by atoms with E-state index in [9.17, 15) is 5.11 Å². The first kappa shape index (κ1) is 17.2. The van der Waals surface area contributed by atoms with Crippen molar-refractivity contribution in [1.29, 1.82) is 0 Å². The summed E-state index contributed by atoms with van der Waals surface area (Å²) in [7, 11) is 2.15. The molecule has 1 saturated carbocycles. The SMILES string of the molecule is CC(C)CNCC1(CN(C)CC2(O)CCCC2)CCOC1. The van der Waals surface area contributed by atoms with E-state index in [1.165, 1.54) is 12.8 Å². The van der Waals surface area contributed by atoms with Crippen molar-refractivity contribution in [1.82, 2.24) is 10.2 Å². The van der Waals surface area contributed by atoms with Crippen LogP contribution >= 0.6 is 0 Å². The van der Waals surface area contributed by atoms with Gasteiger partial charge in [-0.2, -0.15) is 0 Å². The highest BCUT2D eigenvalue weighted by Crippen LogP contribution is 2.33. The number of likely N-dealkylation sites (N-methyl/N-ethyl adjacent to an activating group) is 1. The zero-order chi connectivity index (χ0) is 15.3. The molecule has 21 heavy (non-hydrogen) atoms. The second-order valence-corrected chi connectivity index (χ2v) is 7.93. The molecule has 124 valence electrons. The van der Waals surface area contributed by atoms with E-state index in [1.807, 2.05) is 0 Å². The molecule has 1 aliphatic heterocycles. The van der Waals surface area contributed by atoms with Crippen LogP contribution in [0.3, 0.4) is 0 Å². The summed E-state index contributed by atoms with van der Waals surface area (Å²) in [5.74, 6) is 0.682. The molecule has 2 N–H and O–H groups in total. The van der Waals surface area contributed by atoms with E-state index in [1.54, 1.807) is 0 Å². The number of rotatable bonds is 8. The van der Waals surface area contributed by atoms with Crippen LogP contribution in [0.2, 0.25) is 0 Å². The van der Waals surface area contributed by atoms with Crippen LogP contribution < -0.4 is 5.32 Å².